The predicted molar refractivity (Wildman–Crippen MR) is 111 cm³/mol. The van der Waals surface area contributed by atoms with Crippen molar-refractivity contribution in [2.75, 3.05) is 38.0 Å². The Morgan fingerprint density at radius 2 is 1.77 bits per heavy atom. The molecular weight excluding hydrogens is 385 g/mol. The van der Waals surface area contributed by atoms with Crippen LogP contribution >= 0.6 is 0 Å². The summed E-state index contributed by atoms with van der Waals surface area (Å²) in [4.78, 5) is 16.6. The molecule has 4 rings (SSSR count). The van der Waals surface area contributed by atoms with Crippen molar-refractivity contribution in [3.8, 4) is 11.5 Å². The van der Waals surface area contributed by atoms with Crippen molar-refractivity contribution in [1.29, 1.82) is 0 Å². The Morgan fingerprint density at radius 1 is 1.07 bits per heavy atom. The van der Waals surface area contributed by atoms with E-state index in [0.29, 0.717) is 24.0 Å². The minimum atomic E-state index is -0.324. The van der Waals surface area contributed by atoms with Crippen molar-refractivity contribution in [3.63, 3.8) is 0 Å². The van der Waals surface area contributed by atoms with Crippen molar-refractivity contribution in [2.24, 2.45) is 0 Å². The second-order valence-electron chi connectivity index (χ2n) is 7.35. The number of benzene rings is 2. The number of aromatic nitrogens is 2. The number of halogens is 1. The van der Waals surface area contributed by atoms with Crippen molar-refractivity contribution in [1.82, 2.24) is 20.0 Å². The minimum absolute atomic E-state index is 0.00477. The van der Waals surface area contributed by atoms with Crippen LogP contribution in [0.25, 0.3) is 11.5 Å². The fraction of sp³-hybridized carbons (Fsp3) is 0.318. The molecule has 0 bridgehead atoms. The molecule has 30 heavy (non-hydrogen) atoms. The summed E-state index contributed by atoms with van der Waals surface area (Å²) in [7, 11) is 0. The second-order valence-corrected chi connectivity index (χ2v) is 7.35. The Kier molecular flexibility index (Phi) is 6.15. The van der Waals surface area contributed by atoms with Gasteiger partial charge >= 0.3 is 0 Å². The van der Waals surface area contributed by atoms with E-state index >= 15 is 0 Å². The lowest BCUT2D eigenvalue weighted by molar-refractivity contribution is -0.117. The van der Waals surface area contributed by atoms with Crippen LogP contribution in [-0.4, -0.2) is 58.6 Å². The Balaban J connectivity index is 1.27. The first-order valence-electron chi connectivity index (χ1n) is 9.99. The quantitative estimate of drug-likeness (QED) is 0.674. The zero-order valence-electron chi connectivity index (χ0n) is 16.8. The molecule has 156 valence electrons. The van der Waals surface area contributed by atoms with Gasteiger partial charge in [-0.15, -0.1) is 10.2 Å². The summed E-state index contributed by atoms with van der Waals surface area (Å²) in [5.41, 5.74) is 1.50. The number of anilines is 1. The highest BCUT2D eigenvalue weighted by Gasteiger charge is 2.26. The molecule has 1 amide bonds. The topological polar surface area (TPSA) is 74.5 Å². The molecule has 7 nitrogen and oxygen atoms in total. The maximum absolute atomic E-state index is 13.0. The van der Waals surface area contributed by atoms with Gasteiger partial charge in [-0.05, 0) is 43.3 Å². The number of nitrogens with one attached hydrogen (secondary N) is 1. The summed E-state index contributed by atoms with van der Waals surface area (Å²) >= 11 is 0. The van der Waals surface area contributed by atoms with E-state index in [1.165, 1.54) is 12.1 Å². The molecule has 0 spiro atoms. The van der Waals surface area contributed by atoms with Gasteiger partial charge in [-0.3, -0.25) is 14.6 Å². The largest absolute Gasteiger partial charge is 0.419 e. The molecular formula is C22H24FN5O2. The average Bonchev–Trinajstić information content (AvgIpc) is 3.26. The smallest absolute Gasteiger partial charge is 0.247 e. The van der Waals surface area contributed by atoms with Crippen LogP contribution < -0.4 is 5.32 Å². The van der Waals surface area contributed by atoms with Crippen LogP contribution in [0.4, 0.5) is 10.1 Å². The molecule has 1 atom stereocenters. The fourth-order valence-electron chi connectivity index (χ4n) is 3.50. The van der Waals surface area contributed by atoms with Crippen LogP contribution in [0, 0.1) is 5.82 Å². The van der Waals surface area contributed by atoms with Gasteiger partial charge in [0.25, 0.3) is 0 Å². The van der Waals surface area contributed by atoms with Gasteiger partial charge in [-0.1, -0.05) is 18.2 Å². The monoisotopic (exact) mass is 409 g/mol. The number of hydrogen-bond donors (Lipinski definition) is 1. The lowest BCUT2D eigenvalue weighted by Gasteiger charge is -2.36. The second kappa shape index (κ2) is 9.15. The third-order valence-corrected chi connectivity index (χ3v) is 5.27. The van der Waals surface area contributed by atoms with Gasteiger partial charge < -0.3 is 9.73 Å². The lowest BCUT2D eigenvalue weighted by Crippen LogP contribution is -2.49. The van der Waals surface area contributed by atoms with Gasteiger partial charge in [-0.2, -0.15) is 0 Å². The summed E-state index contributed by atoms with van der Waals surface area (Å²) < 4.78 is 18.9. The highest BCUT2D eigenvalue weighted by atomic mass is 19.1. The Bertz CT molecular complexity index is 969. The standard InChI is InChI=1S/C22H24FN5O2/c1-16(21-25-26-22(30-21)17-5-3-2-4-6-17)28-13-11-27(12-14-28)15-20(29)24-19-9-7-18(23)8-10-19/h2-10,16H,11-15H2,1H3,(H,24,29). The number of carbonyl (C=O) groups excluding carboxylic acids is 1. The molecule has 0 radical (unpaired) electrons. The highest BCUT2D eigenvalue weighted by molar-refractivity contribution is 5.92. The van der Waals surface area contributed by atoms with E-state index in [-0.39, 0.29) is 17.8 Å². The zero-order valence-corrected chi connectivity index (χ0v) is 16.8. The van der Waals surface area contributed by atoms with Crippen LogP contribution in [0.2, 0.25) is 0 Å². The van der Waals surface area contributed by atoms with Crippen LogP contribution in [0.3, 0.4) is 0 Å². The first kappa shape index (κ1) is 20.2. The molecule has 1 aromatic heterocycles. The van der Waals surface area contributed by atoms with E-state index in [0.717, 1.165) is 31.7 Å². The Labute approximate surface area is 174 Å². The van der Waals surface area contributed by atoms with Crippen LogP contribution in [0.5, 0.6) is 0 Å². The summed E-state index contributed by atoms with van der Waals surface area (Å²) in [6, 6.07) is 15.5. The molecule has 3 aromatic rings. The molecule has 1 aliphatic rings. The minimum Gasteiger partial charge on any atom is -0.419 e. The van der Waals surface area contributed by atoms with Crippen LogP contribution in [0.1, 0.15) is 18.9 Å². The molecule has 0 aliphatic carbocycles. The number of amides is 1. The highest BCUT2D eigenvalue weighted by Crippen LogP contribution is 2.24. The van der Waals surface area contributed by atoms with Crippen LogP contribution in [-0.2, 0) is 4.79 Å². The van der Waals surface area contributed by atoms with Crippen LogP contribution in [0.15, 0.2) is 59.0 Å². The van der Waals surface area contributed by atoms with E-state index in [1.54, 1.807) is 12.1 Å². The van der Waals surface area contributed by atoms with Gasteiger partial charge in [0.1, 0.15) is 5.82 Å². The van der Waals surface area contributed by atoms with Gasteiger partial charge in [0, 0.05) is 37.4 Å². The SMILES string of the molecule is CC(c1nnc(-c2ccccc2)o1)N1CCN(CC(=O)Nc2ccc(F)cc2)CC1. The Hall–Kier alpha value is -3.10. The zero-order chi connectivity index (χ0) is 20.9. The molecule has 1 saturated heterocycles. The average molecular weight is 409 g/mol. The number of nitrogens with zero attached hydrogens (tertiary/aromatic N) is 4. The first-order valence-corrected chi connectivity index (χ1v) is 9.99. The summed E-state index contributed by atoms with van der Waals surface area (Å²) in [6.45, 7) is 5.49. The third kappa shape index (κ3) is 4.90. The lowest BCUT2D eigenvalue weighted by atomic mass is 10.2. The van der Waals surface area contributed by atoms with Gasteiger partial charge in [0.2, 0.25) is 17.7 Å². The molecule has 1 fully saturated rings. The molecule has 1 N–H and O–H groups in total. The Morgan fingerprint density at radius 3 is 2.47 bits per heavy atom. The van der Waals surface area contributed by atoms with Gasteiger partial charge in [-0.25, -0.2) is 4.39 Å². The number of rotatable bonds is 6. The molecule has 1 unspecified atom stereocenters. The maximum atomic E-state index is 13.0. The number of carbonyl (C=O) groups is 1. The summed E-state index contributed by atoms with van der Waals surface area (Å²) in [5.74, 6) is 0.688. The van der Waals surface area contributed by atoms with Crippen molar-refractivity contribution < 1.29 is 13.6 Å². The van der Waals surface area contributed by atoms with Gasteiger partial charge in [0.05, 0.1) is 12.6 Å². The van der Waals surface area contributed by atoms with Crippen molar-refractivity contribution >= 4 is 11.6 Å². The molecule has 2 heterocycles. The van der Waals surface area contributed by atoms with E-state index in [2.05, 4.69) is 32.2 Å². The number of piperazine rings is 1. The first-order chi connectivity index (χ1) is 14.6. The third-order valence-electron chi connectivity index (χ3n) is 5.27. The van der Waals surface area contributed by atoms with E-state index < -0.39 is 0 Å². The summed E-state index contributed by atoms with van der Waals surface area (Å²) in [6.07, 6.45) is 0. The maximum Gasteiger partial charge on any atom is 0.247 e. The van der Waals surface area contributed by atoms with Gasteiger partial charge in [0.15, 0.2) is 0 Å². The van der Waals surface area contributed by atoms with E-state index in [4.69, 9.17) is 4.42 Å². The van der Waals surface area contributed by atoms with E-state index in [1.807, 2.05) is 30.3 Å². The fourth-order valence-corrected chi connectivity index (χ4v) is 3.50. The molecule has 0 saturated carbocycles. The molecule has 2 aromatic carbocycles. The van der Waals surface area contributed by atoms with Crippen molar-refractivity contribution in [2.45, 2.75) is 13.0 Å². The number of hydrogen-bond acceptors (Lipinski definition) is 6. The van der Waals surface area contributed by atoms with Crippen molar-refractivity contribution in [3.05, 3.63) is 66.3 Å². The van der Waals surface area contributed by atoms with E-state index in [9.17, 15) is 9.18 Å². The predicted octanol–water partition coefficient (Wildman–Crippen LogP) is 3.19. The normalized spacial score (nSPS) is 16.3. The molecule has 8 heteroatoms. The molecule has 1 aliphatic heterocycles. The summed E-state index contributed by atoms with van der Waals surface area (Å²) in [5, 5.41) is 11.2.